The summed E-state index contributed by atoms with van der Waals surface area (Å²) in [6.45, 7) is 3.20. The first kappa shape index (κ1) is 16.3. The summed E-state index contributed by atoms with van der Waals surface area (Å²) in [5, 5.41) is 2.83. The first-order valence-electron chi connectivity index (χ1n) is 7.86. The lowest BCUT2D eigenvalue weighted by Crippen LogP contribution is -2.37. The van der Waals surface area contributed by atoms with E-state index in [1.807, 2.05) is 0 Å². The van der Waals surface area contributed by atoms with E-state index in [2.05, 4.69) is 20.2 Å². The van der Waals surface area contributed by atoms with Crippen LogP contribution in [0.15, 0.2) is 36.5 Å². The van der Waals surface area contributed by atoms with Gasteiger partial charge in [0.1, 0.15) is 5.82 Å². The predicted molar refractivity (Wildman–Crippen MR) is 87.0 cm³/mol. The molecule has 0 bridgehead atoms. The van der Waals surface area contributed by atoms with E-state index in [0.29, 0.717) is 25.7 Å². The summed E-state index contributed by atoms with van der Waals surface area (Å²) in [6.07, 6.45) is 1.90. The van der Waals surface area contributed by atoms with Crippen LogP contribution in [-0.2, 0) is 22.5 Å². The molecule has 6 nitrogen and oxygen atoms in total. The highest BCUT2D eigenvalue weighted by molar-refractivity contribution is 5.78. The number of anilines is 1. The van der Waals surface area contributed by atoms with E-state index in [1.54, 1.807) is 24.4 Å². The van der Waals surface area contributed by atoms with Crippen molar-refractivity contribution in [2.75, 3.05) is 31.2 Å². The molecule has 1 fully saturated rings. The van der Waals surface area contributed by atoms with Crippen molar-refractivity contribution >= 4 is 11.9 Å². The lowest BCUT2D eigenvalue weighted by Gasteiger charge is -2.26. The van der Waals surface area contributed by atoms with Crippen molar-refractivity contribution in [3.05, 3.63) is 53.6 Å². The van der Waals surface area contributed by atoms with Crippen LogP contribution in [0.25, 0.3) is 0 Å². The van der Waals surface area contributed by atoms with Gasteiger partial charge in [0.25, 0.3) is 0 Å². The van der Waals surface area contributed by atoms with E-state index < -0.39 is 0 Å². The van der Waals surface area contributed by atoms with Crippen molar-refractivity contribution in [2.24, 2.45) is 0 Å². The number of rotatable bonds is 5. The zero-order valence-corrected chi connectivity index (χ0v) is 13.2. The Kier molecular flexibility index (Phi) is 5.32. The number of aromatic nitrogens is 2. The Morgan fingerprint density at radius 2 is 1.96 bits per heavy atom. The highest BCUT2D eigenvalue weighted by Crippen LogP contribution is 2.10. The summed E-state index contributed by atoms with van der Waals surface area (Å²) in [4.78, 5) is 22.8. The average Bonchev–Trinajstić information content (AvgIpc) is 2.63. The summed E-state index contributed by atoms with van der Waals surface area (Å²) in [5.74, 6) is 0.215. The fraction of sp³-hybridized carbons (Fsp3) is 0.353. The van der Waals surface area contributed by atoms with Gasteiger partial charge in [-0.25, -0.2) is 14.4 Å². The molecular formula is C17H19FN4O2. The van der Waals surface area contributed by atoms with E-state index in [-0.39, 0.29) is 18.1 Å². The average molecular weight is 330 g/mol. The second-order valence-corrected chi connectivity index (χ2v) is 5.53. The highest BCUT2D eigenvalue weighted by atomic mass is 19.1. The van der Waals surface area contributed by atoms with Gasteiger partial charge in [-0.3, -0.25) is 4.79 Å². The third-order valence-corrected chi connectivity index (χ3v) is 3.74. The smallest absolute Gasteiger partial charge is 0.225 e. The van der Waals surface area contributed by atoms with Crippen molar-refractivity contribution in [3.8, 4) is 0 Å². The number of benzene rings is 1. The van der Waals surface area contributed by atoms with Crippen LogP contribution in [0.3, 0.4) is 0 Å². The molecule has 2 aromatic rings. The van der Waals surface area contributed by atoms with E-state index in [0.717, 1.165) is 24.3 Å². The zero-order valence-electron chi connectivity index (χ0n) is 13.2. The lowest BCUT2D eigenvalue weighted by molar-refractivity contribution is -0.120. The topological polar surface area (TPSA) is 67.4 Å². The fourth-order valence-electron chi connectivity index (χ4n) is 2.44. The first-order valence-corrected chi connectivity index (χ1v) is 7.86. The summed E-state index contributed by atoms with van der Waals surface area (Å²) >= 11 is 0. The predicted octanol–water partition coefficient (Wildman–Crippen LogP) is 1.31. The van der Waals surface area contributed by atoms with Crippen molar-refractivity contribution in [1.29, 1.82) is 0 Å². The third kappa shape index (κ3) is 4.48. The van der Waals surface area contributed by atoms with Crippen LogP contribution in [0.4, 0.5) is 10.3 Å². The normalized spacial score (nSPS) is 14.5. The molecule has 0 atom stereocenters. The van der Waals surface area contributed by atoms with Crippen LogP contribution in [0.1, 0.15) is 11.3 Å². The van der Waals surface area contributed by atoms with Gasteiger partial charge in [0, 0.05) is 19.3 Å². The van der Waals surface area contributed by atoms with E-state index in [4.69, 9.17) is 4.74 Å². The van der Waals surface area contributed by atoms with Gasteiger partial charge < -0.3 is 15.0 Å². The number of hydrogen-bond donors (Lipinski definition) is 1. The van der Waals surface area contributed by atoms with Crippen LogP contribution in [0, 0.1) is 5.82 Å². The zero-order chi connectivity index (χ0) is 16.8. The van der Waals surface area contributed by atoms with Gasteiger partial charge in [-0.05, 0) is 23.8 Å². The minimum absolute atomic E-state index is 0.131. The quantitative estimate of drug-likeness (QED) is 0.895. The van der Waals surface area contributed by atoms with Gasteiger partial charge in [0.2, 0.25) is 11.9 Å². The van der Waals surface area contributed by atoms with Crippen LogP contribution >= 0.6 is 0 Å². The van der Waals surface area contributed by atoms with Gasteiger partial charge in [-0.15, -0.1) is 0 Å². The molecule has 1 aromatic carbocycles. The van der Waals surface area contributed by atoms with Gasteiger partial charge in [0.05, 0.1) is 31.9 Å². The number of morpholine rings is 1. The SMILES string of the molecule is O=C(Cc1ccc(F)cc1)NCc1ccnc(N2CCOCC2)n1. The van der Waals surface area contributed by atoms with Crippen molar-refractivity contribution in [1.82, 2.24) is 15.3 Å². The van der Waals surface area contributed by atoms with Crippen molar-refractivity contribution < 1.29 is 13.9 Å². The standard InChI is InChI=1S/C17H19FN4O2/c18-14-3-1-13(2-4-14)11-16(23)20-12-15-5-6-19-17(21-15)22-7-9-24-10-8-22/h1-6H,7-12H2,(H,20,23). The highest BCUT2D eigenvalue weighted by Gasteiger charge is 2.14. The summed E-state index contributed by atoms with van der Waals surface area (Å²) in [5.41, 5.74) is 1.52. The maximum Gasteiger partial charge on any atom is 0.225 e. The third-order valence-electron chi connectivity index (χ3n) is 3.74. The summed E-state index contributed by atoms with van der Waals surface area (Å²) in [7, 11) is 0. The Balaban J connectivity index is 1.54. The second kappa shape index (κ2) is 7.83. The maximum atomic E-state index is 12.9. The molecule has 0 spiro atoms. The van der Waals surface area contributed by atoms with Gasteiger partial charge in [0.15, 0.2) is 0 Å². The Morgan fingerprint density at radius 3 is 2.71 bits per heavy atom. The molecule has 1 aromatic heterocycles. The molecule has 1 aliphatic rings. The Morgan fingerprint density at radius 1 is 1.21 bits per heavy atom. The van der Waals surface area contributed by atoms with E-state index in [1.165, 1.54) is 12.1 Å². The molecule has 24 heavy (non-hydrogen) atoms. The maximum absolute atomic E-state index is 12.9. The summed E-state index contributed by atoms with van der Waals surface area (Å²) in [6, 6.07) is 7.69. The molecule has 1 N–H and O–H groups in total. The number of hydrogen-bond acceptors (Lipinski definition) is 5. The summed E-state index contributed by atoms with van der Waals surface area (Å²) < 4.78 is 18.2. The molecule has 1 amide bonds. The molecule has 126 valence electrons. The molecule has 2 heterocycles. The van der Waals surface area contributed by atoms with Crippen LogP contribution in [-0.4, -0.2) is 42.2 Å². The van der Waals surface area contributed by atoms with Crippen molar-refractivity contribution in [3.63, 3.8) is 0 Å². The number of nitrogens with zero attached hydrogens (tertiary/aromatic N) is 3. The lowest BCUT2D eigenvalue weighted by atomic mass is 10.1. The van der Waals surface area contributed by atoms with E-state index in [9.17, 15) is 9.18 Å². The first-order chi connectivity index (χ1) is 11.7. The van der Waals surface area contributed by atoms with Gasteiger partial charge in [-0.1, -0.05) is 12.1 Å². The minimum Gasteiger partial charge on any atom is -0.378 e. The minimum atomic E-state index is -0.309. The van der Waals surface area contributed by atoms with Crippen molar-refractivity contribution in [2.45, 2.75) is 13.0 Å². The van der Waals surface area contributed by atoms with Gasteiger partial charge in [-0.2, -0.15) is 0 Å². The number of carbonyl (C=O) groups is 1. The molecule has 0 aliphatic carbocycles. The molecule has 1 aliphatic heterocycles. The number of nitrogens with one attached hydrogen (secondary N) is 1. The second-order valence-electron chi connectivity index (χ2n) is 5.53. The number of halogens is 1. The molecule has 0 radical (unpaired) electrons. The van der Waals surface area contributed by atoms with Crippen LogP contribution in [0.2, 0.25) is 0 Å². The molecule has 0 unspecified atom stereocenters. The van der Waals surface area contributed by atoms with Crippen LogP contribution in [0.5, 0.6) is 0 Å². The number of carbonyl (C=O) groups excluding carboxylic acids is 1. The largest absolute Gasteiger partial charge is 0.378 e. The number of amides is 1. The fourth-order valence-corrected chi connectivity index (χ4v) is 2.44. The molecule has 0 saturated carbocycles. The Labute approximate surface area is 139 Å². The Hall–Kier alpha value is -2.54. The monoisotopic (exact) mass is 330 g/mol. The number of ether oxygens (including phenoxy) is 1. The molecule has 7 heteroatoms. The van der Waals surface area contributed by atoms with E-state index >= 15 is 0 Å². The van der Waals surface area contributed by atoms with Crippen LogP contribution < -0.4 is 10.2 Å². The molecule has 1 saturated heterocycles. The Bertz CT molecular complexity index is 687. The van der Waals surface area contributed by atoms with Gasteiger partial charge >= 0.3 is 0 Å². The molecular weight excluding hydrogens is 311 g/mol. The molecule has 3 rings (SSSR count).